The van der Waals surface area contributed by atoms with E-state index in [-0.39, 0.29) is 11.5 Å². The van der Waals surface area contributed by atoms with E-state index in [9.17, 15) is 14.7 Å². The lowest BCUT2D eigenvalue weighted by Gasteiger charge is -2.39. The number of hydrogen-bond acceptors (Lipinski definition) is 5. The topological polar surface area (TPSA) is 102 Å². The summed E-state index contributed by atoms with van der Waals surface area (Å²) in [7, 11) is 1.42. The van der Waals surface area contributed by atoms with Crippen LogP contribution in [0.25, 0.3) is 0 Å². The van der Waals surface area contributed by atoms with E-state index in [1.807, 2.05) is 6.92 Å². The predicted octanol–water partition coefficient (Wildman–Crippen LogP) is 0.501. The van der Waals surface area contributed by atoms with Crippen LogP contribution in [0.1, 0.15) is 41.0 Å². The molecule has 0 unspecified atom stereocenters. The number of aliphatic hydroxyl groups is 1. The normalized spacial score (nSPS) is 12.5. The summed E-state index contributed by atoms with van der Waals surface area (Å²) in [6.45, 7) is 9.16. The van der Waals surface area contributed by atoms with Gasteiger partial charge < -0.3 is 16.2 Å². The predicted molar refractivity (Wildman–Crippen MR) is 84.6 cm³/mol. The van der Waals surface area contributed by atoms with Crippen molar-refractivity contribution in [3.8, 4) is 0 Å². The van der Waals surface area contributed by atoms with Gasteiger partial charge in [0.25, 0.3) is 5.56 Å². The van der Waals surface area contributed by atoms with Gasteiger partial charge in [-0.3, -0.25) is 13.9 Å². The number of nitrogens with zero attached hydrogens (tertiary/aromatic N) is 2. The number of nitrogens with two attached hydrogens (primary N) is 1. The second kappa shape index (κ2) is 5.55. The Morgan fingerprint density at radius 2 is 1.76 bits per heavy atom. The zero-order valence-electron chi connectivity index (χ0n) is 13.6. The van der Waals surface area contributed by atoms with Crippen molar-refractivity contribution in [2.75, 3.05) is 11.1 Å². The molecule has 0 atom stereocenters. The van der Waals surface area contributed by atoms with Gasteiger partial charge in [0.05, 0.1) is 11.1 Å². The van der Waals surface area contributed by atoms with Gasteiger partial charge in [-0.15, -0.1) is 0 Å². The van der Waals surface area contributed by atoms with Crippen molar-refractivity contribution in [2.24, 2.45) is 7.05 Å². The highest BCUT2D eigenvalue weighted by atomic mass is 16.3. The molecule has 0 aliphatic carbocycles. The Bertz CT molecular complexity index is 635. The molecule has 1 aromatic rings. The summed E-state index contributed by atoms with van der Waals surface area (Å²) in [5, 5.41) is 13.2. The fourth-order valence-electron chi connectivity index (χ4n) is 1.81. The van der Waals surface area contributed by atoms with Gasteiger partial charge in [-0.1, -0.05) is 6.92 Å². The molecule has 0 fully saturated rings. The first-order valence-electron chi connectivity index (χ1n) is 7.04. The molecule has 4 N–H and O–H groups in total. The van der Waals surface area contributed by atoms with Crippen molar-refractivity contribution in [3.05, 3.63) is 20.8 Å². The van der Waals surface area contributed by atoms with Gasteiger partial charge in [-0.2, -0.15) is 0 Å². The Balaban J connectivity index is 3.52. The summed E-state index contributed by atoms with van der Waals surface area (Å²) in [6, 6.07) is 0. The Morgan fingerprint density at radius 1 is 1.24 bits per heavy atom. The second-order valence-corrected chi connectivity index (χ2v) is 6.37. The van der Waals surface area contributed by atoms with Crippen LogP contribution < -0.4 is 22.3 Å². The number of anilines is 2. The summed E-state index contributed by atoms with van der Waals surface area (Å²) in [4.78, 5) is 24.4. The highest BCUT2D eigenvalue weighted by molar-refractivity contribution is 5.62. The number of nitrogen functional groups attached to an aromatic ring is 1. The van der Waals surface area contributed by atoms with E-state index < -0.39 is 22.4 Å². The lowest BCUT2D eigenvalue weighted by Crippen LogP contribution is -2.53. The minimum Gasteiger partial charge on any atom is -0.388 e. The van der Waals surface area contributed by atoms with Crippen molar-refractivity contribution in [1.82, 2.24) is 9.13 Å². The minimum atomic E-state index is -1.09. The molecular weight excluding hydrogens is 272 g/mol. The third kappa shape index (κ3) is 3.12. The molecule has 0 radical (unpaired) electrons. The summed E-state index contributed by atoms with van der Waals surface area (Å²) in [5.74, 6) is 0.0993. The molecule has 0 aromatic carbocycles. The highest BCUT2D eigenvalue weighted by Crippen LogP contribution is 2.26. The molecule has 0 saturated heterocycles. The maximum Gasteiger partial charge on any atom is 0.332 e. The molecule has 0 aliphatic rings. The molecule has 21 heavy (non-hydrogen) atoms. The van der Waals surface area contributed by atoms with Crippen LogP contribution in [0.3, 0.4) is 0 Å². The summed E-state index contributed by atoms with van der Waals surface area (Å²) in [5.41, 5.74) is 3.30. The third-order valence-electron chi connectivity index (χ3n) is 4.00. The molecule has 1 rings (SSSR count). The number of rotatable bonds is 5. The smallest absolute Gasteiger partial charge is 0.332 e. The monoisotopic (exact) mass is 298 g/mol. The molecule has 120 valence electrons. The average molecular weight is 298 g/mol. The molecule has 7 heteroatoms. The van der Waals surface area contributed by atoms with Gasteiger partial charge in [0.15, 0.2) is 0 Å². The first-order chi connectivity index (χ1) is 9.44. The van der Waals surface area contributed by atoms with Gasteiger partial charge in [0, 0.05) is 13.6 Å². The largest absolute Gasteiger partial charge is 0.388 e. The fraction of sp³-hybridized carbons (Fsp3) is 0.714. The molecule has 0 amide bonds. The van der Waals surface area contributed by atoms with Crippen molar-refractivity contribution >= 4 is 11.5 Å². The average Bonchev–Trinajstić information content (AvgIpc) is 2.36. The maximum atomic E-state index is 12.3. The quantitative estimate of drug-likeness (QED) is 0.734. The highest BCUT2D eigenvalue weighted by Gasteiger charge is 2.36. The van der Waals surface area contributed by atoms with E-state index >= 15 is 0 Å². The Morgan fingerprint density at radius 3 is 2.19 bits per heavy atom. The van der Waals surface area contributed by atoms with Gasteiger partial charge in [0.1, 0.15) is 11.5 Å². The Kier molecular flexibility index (Phi) is 4.57. The summed E-state index contributed by atoms with van der Waals surface area (Å²) in [6.07, 6.45) is 0.719. The van der Waals surface area contributed by atoms with Gasteiger partial charge in [-0.05, 0) is 34.1 Å². The van der Waals surface area contributed by atoms with Crippen LogP contribution in [0.2, 0.25) is 0 Å². The van der Waals surface area contributed by atoms with Gasteiger partial charge >= 0.3 is 5.69 Å². The Labute approximate surface area is 124 Å². The van der Waals surface area contributed by atoms with E-state index in [0.29, 0.717) is 6.54 Å². The first-order valence-corrected chi connectivity index (χ1v) is 7.04. The molecular formula is C14H26N4O3. The molecule has 7 nitrogen and oxygen atoms in total. The standard InChI is InChI=1S/C14H26N4O3/c1-7-8-18-10(15)9(11(19)17(6)12(18)20)16-13(2,3)14(4,5)21/h16,21H,7-8,15H2,1-6H3. The van der Waals surface area contributed by atoms with Crippen molar-refractivity contribution in [1.29, 1.82) is 0 Å². The van der Waals surface area contributed by atoms with Crippen LogP contribution in [0.15, 0.2) is 9.59 Å². The zero-order valence-corrected chi connectivity index (χ0v) is 13.6. The first kappa shape index (κ1) is 17.3. The molecule has 1 heterocycles. The minimum absolute atomic E-state index is 0.0993. The summed E-state index contributed by atoms with van der Waals surface area (Å²) < 4.78 is 2.39. The van der Waals surface area contributed by atoms with Crippen molar-refractivity contribution in [2.45, 2.75) is 58.7 Å². The van der Waals surface area contributed by atoms with Crippen LogP contribution >= 0.6 is 0 Å². The van der Waals surface area contributed by atoms with Crippen LogP contribution in [-0.2, 0) is 13.6 Å². The molecule has 0 spiro atoms. The zero-order chi connectivity index (χ0) is 16.6. The third-order valence-corrected chi connectivity index (χ3v) is 4.00. The van der Waals surface area contributed by atoms with Gasteiger partial charge in [-0.25, -0.2) is 4.79 Å². The number of hydrogen-bond donors (Lipinski definition) is 3. The van der Waals surface area contributed by atoms with Crippen LogP contribution in [0.5, 0.6) is 0 Å². The molecule has 1 aromatic heterocycles. The van der Waals surface area contributed by atoms with Crippen LogP contribution in [-0.4, -0.2) is 25.4 Å². The molecule has 0 aliphatic heterocycles. The van der Waals surface area contributed by atoms with Crippen LogP contribution in [0.4, 0.5) is 11.5 Å². The number of aromatic nitrogens is 2. The molecule has 0 bridgehead atoms. The van der Waals surface area contributed by atoms with Crippen molar-refractivity contribution in [3.63, 3.8) is 0 Å². The molecule has 0 saturated carbocycles. The van der Waals surface area contributed by atoms with Gasteiger partial charge in [0.2, 0.25) is 0 Å². The van der Waals surface area contributed by atoms with Crippen molar-refractivity contribution < 1.29 is 5.11 Å². The maximum absolute atomic E-state index is 12.3. The lowest BCUT2D eigenvalue weighted by molar-refractivity contribution is 0.0240. The fourth-order valence-corrected chi connectivity index (χ4v) is 1.81. The van der Waals surface area contributed by atoms with Crippen LogP contribution in [0, 0.1) is 0 Å². The van der Waals surface area contributed by atoms with E-state index in [1.54, 1.807) is 27.7 Å². The van der Waals surface area contributed by atoms with E-state index in [1.165, 1.54) is 11.6 Å². The lowest BCUT2D eigenvalue weighted by atomic mass is 9.86. The van der Waals surface area contributed by atoms with E-state index in [0.717, 1.165) is 11.0 Å². The summed E-state index contributed by atoms with van der Waals surface area (Å²) >= 11 is 0. The SMILES string of the molecule is CCCn1c(N)c(NC(C)(C)C(C)(C)O)c(=O)n(C)c1=O. The van der Waals surface area contributed by atoms with E-state index in [2.05, 4.69) is 5.32 Å². The second-order valence-electron chi connectivity index (χ2n) is 6.37. The van der Waals surface area contributed by atoms with E-state index in [4.69, 9.17) is 5.73 Å². The number of nitrogens with one attached hydrogen (secondary N) is 1. The Hall–Kier alpha value is -1.76.